The Morgan fingerprint density at radius 3 is 2.58 bits per heavy atom. The third kappa shape index (κ3) is 12.9. The number of nitrogens with one attached hydrogen (secondary N) is 1. The minimum atomic E-state index is -0.759. The minimum Gasteiger partial charge on any atom is -0.508 e. The zero-order chi connectivity index (χ0) is 46.6. The number of benzene rings is 3. The zero-order valence-corrected chi connectivity index (χ0v) is 39.9. The van der Waals surface area contributed by atoms with Gasteiger partial charge in [0, 0.05) is 65.3 Å². The fraction of sp³-hybridized carbons (Fsp3) is 0.481. The van der Waals surface area contributed by atoms with Crippen molar-refractivity contribution in [3.63, 3.8) is 0 Å². The Hall–Kier alpha value is -4.48. The van der Waals surface area contributed by atoms with Crippen molar-refractivity contribution >= 4 is 33.2 Å². The van der Waals surface area contributed by atoms with E-state index in [0.29, 0.717) is 72.1 Å². The highest BCUT2D eigenvalue weighted by Gasteiger charge is 2.38. The summed E-state index contributed by atoms with van der Waals surface area (Å²) in [5.74, 6) is 8.84. The summed E-state index contributed by atoms with van der Waals surface area (Å²) in [5.41, 5.74) is 19.8. The molecule has 9 N–H and O–H groups in total. The molecule has 0 radical (unpaired) electrons. The lowest BCUT2D eigenvalue weighted by Crippen LogP contribution is -2.22. The predicted molar refractivity (Wildman–Crippen MR) is 266 cm³/mol. The van der Waals surface area contributed by atoms with Gasteiger partial charge in [0.05, 0.1) is 31.9 Å². The molecule has 3 aliphatic rings. The quantitative estimate of drug-likeness (QED) is 0.0328. The van der Waals surface area contributed by atoms with Gasteiger partial charge in [0.2, 0.25) is 0 Å². The van der Waals surface area contributed by atoms with Crippen molar-refractivity contribution < 1.29 is 34.8 Å². The maximum atomic E-state index is 14.2. The number of carbonyl (C=O) groups is 2. The SMILES string of the molecule is CCCCC[C@H](CC[C@]12/C=C/C(=O)CCc3ccc(O)c(c3)OCCc3ccc(O)c(c3)[C@H]3CC(=O)c4cc[nH]c4CC#Cc4cc(C(N)N)c(cc43)CSSC[C@H](CC1)C2)C[C@H](O)CO. The summed E-state index contributed by atoms with van der Waals surface area (Å²) in [6.45, 7) is 2.19. The summed E-state index contributed by atoms with van der Waals surface area (Å²) in [6.07, 6.45) is 15.8. The number of ketones is 2. The van der Waals surface area contributed by atoms with Crippen LogP contribution < -0.4 is 16.2 Å². The molecule has 5 atom stereocenters. The van der Waals surface area contributed by atoms with E-state index in [4.69, 9.17) is 16.2 Å². The number of unbranched alkanes of at least 4 members (excludes halogenated alkanes) is 2. The van der Waals surface area contributed by atoms with Gasteiger partial charge in [-0.1, -0.05) is 96.4 Å². The van der Waals surface area contributed by atoms with Crippen molar-refractivity contribution in [2.24, 2.45) is 28.7 Å². The molecule has 0 spiro atoms. The third-order valence-electron chi connectivity index (χ3n) is 13.9. The van der Waals surface area contributed by atoms with E-state index < -0.39 is 18.2 Å². The number of allylic oxidation sites excluding steroid dienone is 2. The molecule has 0 amide bonds. The number of hydrogen-bond donors (Lipinski definition) is 7. The van der Waals surface area contributed by atoms with Crippen molar-refractivity contribution in [1.82, 2.24) is 4.98 Å². The van der Waals surface area contributed by atoms with Crippen molar-refractivity contribution in [3.8, 4) is 29.1 Å². The molecule has 10 nitrogen and oxygen atoms in total. The van der Waals surface area contributed by atoms with Crippen LogP contribution in [0.5, 0.6) is 17.2 Å². The number of phenols is 2. The molecular formula is C54H67N3O7S2. The molecule has 0 unspecified atom stereocenters. The van der Waals surface area contributed by atoms with Crippen LogP contribution in [-0.2, 0) is 29.8 Å². The molecule has 7 rings (SSSR count). The molecule has 1 saturated carbocycles. The summed E-state index contributed by atoms with van der Waals surface area (Å²) in [5, 5.41) is 42.5. The molecule has 1 aromatic heterocycles. The number of H-pyrrole nitrogens is 1. The Bertz CT molecular complexity index is 2400. The first-order valence-electron chi connectivity index (χ1n) is 23.8. The maximum Gasteiger partial charge on any atom is 0.165 e. The smallest absolute Gasteiger partial charge is 0.165 e. The first kappa shape index (κ1) is 49.4. The van der Waals surface area contributed by atoms with Gasteiger partial charge in [-0.05, 0) is 126 Å². The monoisotopic (exact) mass is 933 g/mol. The van der Waals surface area contributed by atoms with Crippen LogP contribution in [0.2, 0.25) is 0 Å². The van der Waals surface area contributed by atoms with E-state index in [1.54, 1.807) is 47.3 Å². The number of ether oxygens (including phenoxy) is 1. The summed E-state index contributed by atoms with van der Waals surface area (Å²) in [6, 6.07) is 16.5. The number of nitrogens with two attached hydrogens (primary N) is 2. The maximum absolute atomic E-state index is 14.2. The molecule has 1 fully saturated rings. The van der Waals surface area contributed by atoms with E-state index in [9.17, 15) is 30.0 Å². The van der Waals surface area contributed by atoms with Crippen LogP contribution >= 0.6 is 21.6 Å². The van der Waals surface area contributed by atoms with E-state index in [1.165, 1.54) is 0 Å². The van der Waals surface area contributed by atoms with Gasteiger partial charge in [0.15, 0.2) is 23.1 Å². The van der Waals surface area contributed by atoms with Gasteiger partial charge in [-0.25, -0.2) is 0 Å². The molecule has 1 aliphatic heterocycles. The number of rotatable bonds is 11. The number of aromatic hydroxyl groups is 2. The second-order valence-corrected chi connectivity index (χ2v) is 21.3. The van der Waals surface area contributed by atoms with Crippen molar-refractivity contribution in [2.75, 3.05) is 19.0 Å². The Morgan fingerprint density at radius 1 is 0.955 bits per heavy atom. The van der Waals surface area contributed by atoms with Crippen molar-refractivity contribution in [1.29, 1.82) is 0 Å². The fourth-order valence-corrected chi connectivity index (χ4v) is 12.7. The number of aromatic nitrogens is 1. The Balaban J connectivity index is 1.22. The molecule has 8 bridgehead atoms. The van der Waals surface area contributed by atoms with Crippen molar-refractivity contribution in [2.45, 2.75) is 127 Å². The standard InChI is InChI=1S/C54H67N3O7S2/c1-2-3-4-6-35(25-42(60)32-58)15-20-54-21-16-38(31-54)33-65-66-34-40-29-44-39(28-45(40)53(55)56)7-5-8-48-43(18-23-57-48)51(63)30-46(44)47-26-37(10-13-49(47)61)19-24-64-52-27-36(11-14-50(52)62)9-12-41(59)17-22-54/h10-11,13-14,17-18,22-23,26-29,35,38,42,46,53,57-58,60-62H,2-4,6,8-9,12,15-16,19-21,24-25,30-34,55-56H2,1H3/b22-17+/t35-,38-,42+,46+,54-/m1/s1. The van der Waals surface area contributed by atoms with E-state index >= 15 is 0 Å². The molecular weight excluding hydrogens is 867 g/mol. The van der Waals surface area contributed by atoms with Crippen LogP contribution in [0.1, 0.15) is 151 Å². The number of Topliss-reactive ketones (excluding diaryl/α,β-unsaturated/α-hetero) is 1. The number of hydrogen-bond acceptors (Lipinski definition) is 11. The lowest BCUT2D eigenvalue weighted by atomic mass is 9.76. The number of aromatic amines is 1. The first-order valence-corrected chi connectivity index (χ1v) is 26.3. The fourth-order valence-electron chi connectivity index (χ4n) is 10.1. The van der Waals surface area contributed by atoms with Crippen LogP contribution in [0.25, 0.3) is 0 Å². The van der Waals surface area contributed by atoms with Crippen LogP contribution in [0.3, 0.4) is 0 Å². The van der Waals surface area contributed by atoms with E-state index in [1.807, 2.05) is 35.1 Å². The average molecular weight is 934 g/mol. The van der Waals surface area contributed by atoms with Crippen LogP contribution in [0.15, 0.2) is 72.9 Å². The summed E-state index contributed by atoms with van der Waals surface area (Å²) in [7, 11) is 3.59. The molecule has 66 heavy (non-hydrogen) atoms. The molecule has 0 saturated heterocycles. The predicted octanol–water partition coefficient (Wildman–Crippen LogP) is 9.74. The van der Waals surface area contributed by atoms with Gasteiger partial charge in [0.25, 0.3) is 0 Å². The molecule has 352 valence electrons. The topological polar surface area (TPSA) is 192 Å². The minimum absolute atomic E-state index is 0.0107. The van der Waals surface area contributed by atoms with E-state index in [-0.39, 0.29) is 48.1 Å². The third-order valence-corrected chi connectivity index (χ3v) is 16.4. The lowest BCUT2D eigenvalue weighted by Gasteiger charge is -2.29. The van der Waals surface area contributed by atoms with Gasteiger partial charge in [0.1, 0.15) is 5.75 Å². The number of aliphatic hydroxyl groups excluding tert-OH is 2. The average Bonchev–Trinajstić information content (AvgIpc) is 3.96. The molecule has 2 heterocycles. The highest BCUT2D eigenvalue weighted by Crippen LogP contribution is 2.50. The first-order chi connectivity index (χ1) is 31.9. The van der Waals surface area contributed by atoms with Crippen LogP contribution in [0.4, 0.5) is 0 Å². The van der Waals surface area contributed by atoms with Crippen LogP contribution in [-0.4, -0.2) is 62.0 Å². The highest BCUT2D eigenvalue weighted by molar-refractivity contribution is 8.76. The molecule has 4 aromatic rings. The number of aliphatic hydroxyl groups is 2. The number of phenolic OH excluding ortho intramolecular Hbond substituents is 2. The Kier molecular flexibility index (Phi) is 17.6. The summed E-state index contributed by atoms with van der Waals surface area (Å²) in [4.78, 5) is 30.9. The van der Waals surface area contributed by atoms with Crippen molar-refractivity contribution in [3.05, 3.63) is 123 Å². The molecule has 12 heteroatoms. The number of carbonyl (C=O) groups excluding carboxylic acids is 2. The normalized spacial score (nSPS) is 21.9. The number of fused-ring (bicyclic) bond motifs is 9. The zero-order valence-electron chi connectivity index (χ0n) is 38.2. The van der Waals surface area contributed by atoms with Gasteiger partial charge in [-0.3, -0.25) is 9.59 Å². The van der Waals surface area contributed by atoms with Gasteiger partial charge in [-0.2, -0.15) is 0 Å². The molecule has 3 aromatic carbocycles. The van der Waals surface area contributed by atoms with E-state index in [2.05, 4.69) is 35.9 Å². The Labute approximate surface area is 398 Å². The second-order valence-electron chi connectivity index (χ2n) is 18.8. The van der Waals surface area contributed by atoms with Gasteiger partial charge in [-0.15, -0.1) is 0 Å². The molecule has 2 aliphatic carbocycles. The van der Waals surface area contributed by atoms with Gasteiger partial charge >= 0.3 is 0 Å². The summed E-state index contributed by atoms with van der Waals surface area (Å²) >= 11 is 0. The highest BCUT2D eigenvalue weighted by atomic mass is 33.1. The van der Waals surface area contributed by atoms with E-state index in [0.717, 1.165) is 97.1 Å². The lowest BCUT2D eigenvalue weighted by molar-refractivity contribution is -0.114. The second kappa shape index (κ2) is 23.5. The van der Waals surface area contributed by atoms with Gasteiger partial charge < -0.3 is 41.6 Å². The number of aryl methyl sites for hydroxylation is 1. The Morgan fingerprint density at radius 2 is 1.77 bits per heavy atom. The summed E-state index contributed by atoms with van der Waals surface area (Å²) < 4.78 is 6.16. The largest absolute Gasteiger partial charge is 0.508 e. The van der Waals surface area contributed by atoms with Crippen LogP contribution in [0, 0.1) is 29.1 Å².